The molecule has 26 heavy (non-hydrogen) atoms. The third-order valence-electron chi connectivity index (χ3n) is 3.62. The highest BCUT2D eigenvalue weighted by atomic mass is 35.5. The summed E-state index contributed by atoms with van der Waals surface area (Å²) in [5.41, 5.74) is 1.41. The van der Waals surface area contributed by atoms with Crippen molar-refractivity contribution in [3.63, 3.8) is 0 Å². The third-order valence-corrected chi connectivity index (χ3v) is 3.85. The first-order valence-corrected chi connectivity index (χ1v) is 7.87. The first kappa shape index (κ1) is 17.4. The Balaban J connectivity index is 2.14. The van der Waals surface area contributed by atoms with E-state index in [2.05, 4.69) is 10.0 Å². The maximum absolute atomic E-state index is 12.9. The van der Waals surface area contributed by atoms with Gasteiger partial charge in [-0.1, -0.05) is 29.8 Å². The molecule has 0 aliphatic heterocycles. The van der Waals surface area contributed by atoms with E-state index in [1.54, 1.807) is 43.5 Å². The molecule has 3 rings (SSSR count). The number of hydrogen-bond donors (Lipinski definition) is 0. The molecule has 1 aromatic heterocycles. The van der Waals surface area contributed by atoms with Crippen LogP contribution in [0.3, 0.4) is 0 Å². The topological polar surface area (TPSA) is 90.5 Å². The van der Waals surface area contributed by atoms with Gasteiger partial charge in [-0.05, 0) is 42.8 Å². The molecule has 0 aliphatic carbocycles. The van der Waals surface area contributed by atoms with Gasteiger partial charge in [-0.25, -0.2) is 4.68 Å². The summed E-state index contributed by atoms with van der Waals surface area (Å²) in [4.78, 5) is 28.6. The summed E-state index contributed by atoms with van der Waals surface area (Å²) in [5.74, 6) is -0.685. The van der Waals surface area contributed by atoms with Gasteiger partial charge in [0, 0.05) is 23.0 Å². The summed E-state index contributed by atoms with van der Waals surface area (Å²) in [6, 6.07) is 12.9. The van der Waals surface area contributed by atoms with Crippen LogP contribution in [0.2, 0.25) is 5.02 Å². The van der Waals surface area contributed by atoms with Crippen molar-refractivity contribution in [3.05, 3.63) is 87.2 Å². The Morgan fingerprint density at radius 3 is 2.69 bits per heavy atom. The molecule has 2 aromatic carbocycles. The molecule has 132 valence electrons. The number of anilines is 1. The molecular formula is C17H13ClN4O4. The molecule has 0 bridgehead atoms. The number of hydroxylamine groups is 1. The van der Waals surface area contributed by atoms with Crippen LogP contribution in [-0.2, 0) is 4.94 Å². The molecule has 1 heterocycles. The van der Waals surface area contributed by atoms with Gasteiger partial charge in [0.2, 0.25) is 0 Å². The number of nitrogens with zero attached hydrogens (tertiary/aromatic N) is 4. The van der Waals surface area contributed by atoms with Crippen LogP contribution in [0, 0.1) is 17.0 Å². The third kappa shape index (κ3) is 3.50. The predicted molar refractivity (Wildman–Crippen MR) is 94.6 cm³/mol. The lowest BCUT2D eigenvalue weighted by Gasteiger charge is -2.22. The number of carbonyl (C=O) groups is 1. The minimum Gasteiger partial charge on any atom is -0.267 e. The van der Waals surface area contributed by atoms with Crippen molar-refractivity contribution in [3.8, 4) is 5.69 Å². The van der Waals surface area contributed by atoms with Gasteiger partial charge < -0.3 is 0 Å². The lowest BCUT2D eigenvalue weighted by atomic mass is 10.1. The number of benzene rings is 2. The zero-order valence-electron chi connectivity index (χ0n) is 13.6. The minimum absolute atomic E-state index is 0.128. The van der Waals surface area contributed by atoms with E-state index in [0.29, 0.717) is 21.3 Å². The normalized spacial score (nSPS) is 10.4. The number of aryl methyl sites for hydroxylation is 1. The Hall–Kier alpha value is -3.39. The molecule has 0 atom stereocenters. The van der Waals surface area contributed by atoms with Gasteiger partial charge >= 0.3 is 5.09 Å². The Morgan fingerprint density at radius 1 is 1.27 bits per heavy atom. The zero-order valence-corrected chi connectivity index (χ0v) is 14.3. The molecule has 0 N–H and O–H groups in total. The molecule has 0 spiro atoms. The summed E-state index contributed by atoms with van der Waals surface area (Å²) < 4.78 is 1.43. The maximum Gasteiger partial charge on any atom is 0.317 e. The molecule has 3 aromatic rings. The Morgan fingerprint density at radius 2 is 2.04 bits per heavy atom. The van der Waals surface area contributed by atoms with Crippen LogP contribution in [-0.4, -0.2) is 20.8 Å². The van der Waals surface area contributed by atoms with E-state index < -0.39 is 11.0 Å². The van der Waals surface area contributed by atoms with Crippen molar-refractivity contribution in [2.24, 2.45) is 0 Å². The van der Waals surface area contributed by atoms with Crippen molar-refractivity contribution < 1.29 is 14.8 Å². The summed E-state index contributed by atoms with van der Waals surface area (Å²) >= 11 is 6.05. The highest BCUT2D eigenvalue weighted by molar-refractivity contribution is 6.31. The van der Waals surface area contributed by atoms with Gasteiger partial charge in [0.1, 0.15) is 0 Å². The monoisotopic (exact) mass is 372 g/mol. The number of hydrogen-bond acceptors (Lipinski definition) is 5. The van der Waals surface area contributed by atoms with Gasteiger partial charge in [0.25, 0.3) is 5.91 Å². The quantitative estimate of drug-likeness (QED) is 0.504. The van der Waals surface area contributed by atoms with E-state index >= 15 is 0 Å². The molecule has 0 saturated heterocycles. The van der Waals surface area contributed by atoms with E-state index in [-0.39, 0.29) is 11.3 Å². The van der Waals surface area contributed by atoms with Crippen LogP contribution in [0.4, 0.5) is 5.69 Å². The van der Waals surface area contributed by atoms with Gasteiger partial charge in [-0.3, -0.25) is 4.79 Å². The number of halogens is 1. The number of aromatic nitrogens is 2. The Bertz CT molecular complexity index is 959. The average molecular weight is 373 g/mol. The summed E-state index contributed by atoms with van der Waals surface area (Å²) in [6.07, 6.45) is 3.16. The van der Waals surface area contributed by atoms with E-state index in [1.807, 2.05) is 0 Å². The van der Waals surface area contributed by atoms with E-state index in [4.69, 9.17) is 11.6 Å². The molecule has 9 heteroatoms. The van der Waals surface area contributed by atoms with Crippen molar-refractivity contribution in [2.75, 3.05) is 5.06 Å². The number of amides is 1. The smallest absolute Gasteiger partial charge is 0.267 e. The largest absolute Gasteiger partial charge is 0.317 e. The van der Waals surface area contributed by atoms with Crippen LogP contribution in [0.1, 0.15) is 15.9 Å². The summed E-state index contributed by atoms with van der Waals surface area (Å²) in [6.45, 7) is 1.73. The fraction of sp³-hybridized carbons (Fsp3) is 0.0588. The van der Waals surface area contributed by atoms with E-state index in [1.165, 1.54) is 29.1 Å². The first-order chi connectivity index (χ1) is 12.5. The van der Waals surface area contributed by atoms with Crippen molar-refractivity contribution in [1.29, 1.82) is 0 Å². The van der Waals surface area contributed by atoms with Gasteiger partial charge in [0.05, 0.1) is 11.4 Å². The molecule has 0 radical (unpaired) electrons. The van der Waals surface area contributed by atoms with Crippen LogP contribution in [0.5, 0.6) is 0 Å². The standard InChI is InChI=1S/C17H13ClN4O4/c1-12-5-2-3-6-14(12)17(23)21(26-22(24)25)15-8-7-13(18)11-16(15)20-10-4-9-19-20/h2-11H,1H3. The lowest BCUT2D eigenvalue weighted by molar-refractivity contribution is -0.758. The number of carbonyl (C=O) groups excluding carboxylic acids is 1. The van der Waals surface area contributed by atoms with Gasteiger partial charge in [0.15, 0.2) is 0 Å². The zero-order chi connectivity index (χ0) is 18.7. The van der Waals surface area contributed by atoms with Gasteiger partial charge in [-0.15, -0.1) is 15.2 Å². The van der Waals surface area contributed by atoms with E-state index in [9.17, 15) is 14.9 Å². The molecule has 0 aliphatic rings. The molecule has 0 saturated carbocycles. The molecule has 0 fully saturated rings. The first-order valence-electron chi connectivity index (χ1n) is 7.49. The second-order valence-corrected chi connectivity index (χ2v) is 5.74. The van der Waals surface area contributed by atoms with Gasteiger partial charge in [-0.2, -0.15) is 10.0 Å². The minimum atomic E-state index is -1.04. The molecular weight excluding hydrogens is 360 g/mol. The van der Waals surface area contributed by atoms with E-state index in [0.717, 1.165) is 0 Å². The lowest BCUT2D eigenvalue weighted by Crippen LogP contribution is -2.34. The maximum atomic E-state index is 12.9. The number of rotatable bonds is 5. The fourth-order valence-electron chi connectivity index (χ4n) is 2.44. The molecule has 8 nitrogen and oxygen atoms in total. The van der Waals surface area contributed by atoms with Crippen LogP contribution in [0.25, 0.3) is 5.69 Å². The predicted octanol–water partition coefficient (Wildman–Crippen LogP) is 3.60. The highest BCUT2D eigenvalue weighted by Gasteiger charge is 2.26. The van der Waals surface area contributed by atoms with Crippen molar-refractivity contribution >= 4 is 23.2 Å². The van der Waals surface area contributed by atoms with Crippen molar-refractivity contribution in [2.45, 2.75) is 6.92 Å². The second kappa shape index (κ2) is 7.24. The average Bonchev–Trinajstić information content (AvgIpc) is 3.14. The summed E-state index contributed by atoms with van der Waals surface area (Å²) in [5, 5.41) is 15.1. The van der Waals surface area contributed by atoms with Crippen LogP contribution < -0.4 is 5.06 Å². The van der Waals surface area contributed by atoms with Crippen LogP contribution in [0.15, 0.2) is 60.9 Å². The second-order valence-electron chi connectivity index (χ2n) is 5.30. The molecule has 1 amide bonds. The fourth-order valence-corrected chi connectivity index (χ4v) is 2.61. The Labute approximate surface area is 153 Å². The van der Waals surface area contributed by atoms with Crippen LogP contribution >= 0.6 is 11.6 Å². The van der Waals surface area contributed by atoms with Crippen molar-refractivity contribution in [1.82, 2.24) is 9.78 Å². The summed E-state index contributed by atoms with van der Waals surface area (Å²) in [7, 11) is 0. The Kier molecular flexibility index (Phi) is 4.85. The SMILES string of the molecule is Cc1ccccc1C(=O)N(O[N+](=O)[O-])c1ccc(Cl)cc1-n1cccn1. The highest BCUT2D eigenvalue weighted by Crippen LogP contribution is 2.29. The molecule has 0 unspecified atom stereocenters.